The Kier molecular flexibility index (Phi) is 6.59. The Labute approximate surface area is 172 Å². The van der Waals surface area contributed by atoms with Crippen molar-refractivity contribution >= 4 is 40.1 Å². The number of nitrogens with one attached hydrogen (secondary N) is 2. The fourth-order valence-electron chi connectivity index (χ4n) is 2.69. The van der Waals surface area contributed by atoms with Crippen LogP contribution in [-0.2, 0) is 11.2 Å². The SMILES string of the molecule is O=C(NC(Cc1ccccc1)C(=O)Nc1cccc(I)c1)c1ccccc1. The molecule has 0 aliphatic heterocycles. The fraction of sp³-hybridized carbons (Fsp3) is 0.0909. The van der Waals surface area contributed by atoms with Gasteiger partial charge in [0.05, 0.1) is 0 Å². The van der Waals surface area contributed by atoms with Gasteiger partial charge in [-0.3, -0.25) is 9.59 Å². The molecule has 0 heterocycles. The Morgan fingerprint density at radius 1 is 0.852 bits per heavy atom. The second kappa shape index (κ2) is 9.32. The molecule has 5 heteroatoms. The lowest BCUT2D eigenvalue weighted by Crippen LogP contribution is -2.45. The largest absolute Gasteiger partial charge is 0.340 e. The molecule has 0 aliphatic rings. The van der Waals surface area contributed by atoms with Gasteiger partial charge in [0.2, 0.25) is 5.91 Å². The lowest BCUT2D eigenvalue weighted by atomic mass is 10.0. The zero-order chi connectivity index (χ0) is 19.1. The van der Waals surface area contributed by atoms with E-state index in [-0.39, 0.29) is 11.8 Å². The zero-order valence-electron chi connectivity index (χ0n) is 14.6. The first-order valence-corrected chi connectivity index (χ1v) is 9.66. The molecule has 0 bridgehead atoms. The highest BCUT2D eigenvalue weighted by Gasteiger charge is 2.22. The van der Waals surface area contributed by atoms with Crippen LogP contribution in [0, 0.1) is 3.57 Å². The normalized spacial score (nSPS) is 11.4. The molecule has 0 spiro atoms. The minimum atomic E-state index is -0.682. The van der Waals surface area contributed by atoms with Gasteiger partial charge in [-0.2, -0.15) is 0 Å². The van der Waals surface area contributed by atoms with Crippen LogP contribution in [0.1, 0.15) is 15.9 Å². The van der Waals surface area contributed by atoms with E-state index in [0.717, 1.165) is 9.13 Å². The number of benzene rings is 3. The zero-order valence-corrected chi connectivity index (χ0v) is 16.7. The molecular formula is C22H19IN2O2. The van der Waals surface area contributed by atoms with Crippen LogP contribution >= 0.6 is 22.6 Å². The van der Waals surface area contributed by atoms with E-state index >= 15 is 0 Å². The first-order chi connectivity index (χ1) is 13.1. The van der Waals surface area contributed by atoms with Gasteiger partial charge in [0, 0.05) is 21.2 Å². The van der Waals surface area contributed by atoms with Gasteiger partial charge in [-0.05, 0) is 58.5 Å². The summed E-state index contributed by atoms with van der Waals surface area (Å²) in [4.78, 5) is 25.4. The number of halogens is 1. The van der Waals surface area contributed by atoms with Crippen LogP contribution in [0.4, 0.5) is 5.69 Å². The predicted octanol–water partition coefficient (Wildman–Crippen LogP) is 4.27. The molecule has 1 atom stereocenters. The molecule has 1 unspecified atom stereocenters. The molecule has 3 rings (SSSR count). The highest BCUT2D eigenvalue weighted by atomic mass is 127. The molecule has 0 aromatic heterocycles. The summed E-state index contributed by atoms with van der Waals surface area (Å²) in [6.07, 6.45) is 0.412. The summed E-state index contributed by atoms with van der Waals surface area (Å²) in [7, 11) is 0. The minimum absolute atomic E-state index is 0.245. The van der Waals surface area contributed by atoms with Gasteiger partial charge in [-0.15, -0.1) is 0 Å². The van der Waals surface area contributed by atoms with Crippen LogP contribution in [0.5, 0.6) is 0 Å². The summed E-state index contributed by atoms with van der Waals surface area (Å²) in [6, 6.07) is 25.4. The molecule has 27 heavy (non-hydrogen) atoms. The van der Waals surface area contributed by atoms with Crippen molar-refractivity contribution in [3.8, 4) is 0 Å². The average Bonchev–Trinajstić information content (AvgIpc) is 2.69. The highest BCUT2D eigenvalue weighted by Crippen LogP contribution is 2.14. The third-order valence-corrected chi connectivity index (χ3v) is 4.70. The maximum atomic E-state index is 12.9. The molecule has 0 fully saturated rings. The second-order valence-corrected chi connectivity index (χ2v) is 7.33. The van der Waals surface area contributed by atoms with Gasteiger partial charge in [0.25, 0.3) is 5.91 Å². The van der Waals surface area contributed by atoms with E-state index in [0.29, 0.717) is 17.7 Å². The van der Waals surface area contributed by atoms with E-state index in [4.69, 9.17) is 0 Å². The van der Waals surface area contributed by atoms with E-state index in [1.807, 2.05) is 60.7 Å². The van der Waals surface area contributed by atoms with Crippen LogP contribution in [0.25, 0.3) is 0 Å². The number of hydrogen-bond donors (Lipinski definition) is 2. The van der Waals surface area contributed by atoms with Crippen molar-refractivity contribution in [2.45, 2.75) is 12.5 Å². The summed E-state index contributed by atoms with van der Waals surface area (Å²) >= 11 is 2.19. The molecule has 3 aromatic rings. The predicted molar refractivity (Wildman–Crippen MR) is 116 cm³/mol. The summed E-state index contributed by atoms with van der Waals surface area (Å²) in [6.45, 7) is 0. The number of amides is 2. The standard InChI is InChI=1S/C22H19IN2O2/c23-18-12-7-13-19(15-18)24-22(27)20(14-16-8-3-1-4-9-16)25-21(26)17-10-5-2-6-11-17/h1-13,15,20H,14H2,(H,24,27)(H,25,26). The van der Waals surface area contributed by atoms with E-state index in [2.05, 4.69) is 33.2 Å². The second-order valence-electron chi connectivity index (χ2n) is 6.08. The maximum absolute atomic E-state index is 12.9. The van der Waals surface area contributed by atoms with Gasteiger partial charge in [-0.1, -0.05) is 54.6 Å². The van der Waals surface area contributed by atoms with E-state index in [9.17, 15) is 9.59 Å². The smallest absolute Gasteiger partial charge is 0.251 e. The van der Waals surface area contributed by atoms with Crippen molar-refractivity contribution in [3.63, 3.8) is 0 Å². The van der Waals surface area contributed by atoms with Crippen molar-refractivity contribution in [1.29, 1.82) is 0 Å². The maximum Gasteiger partial charge on any atom is 0.251 e. The molecule has 2 amide bonds. The molecular weight excluding hydrogens is 451 g/mol. The van der Waals surface area contributed by atoms with Crippen LogP contribution in [-0.4, -0.2) is 17.9 Å². The van der Waals surface area contributed by atoms with Crippen LogP contribution in [0.15, 0.2) is 84.9 Å². The Morgan fingerprint density at radius 2 is 1.52 bits per heavy atom. The van der Waals surface area contributed by atoms with Crippen LogP contribution in [0.2, 0.25) is 0 Å². The third-order valence-electron chi connectivity index (χ3n) is 4.03. The van der Waals surface area contributed by atoms with Crippen LogP contribution < -0.4 is 10.6 Å². The van der Waals surface area contributed by atoms with Gasteiger partial charge in [0.1, 0.15) is 6.04 Å². The molecule has 136 valence electrons. The molecule has 0 radical (unpaired) electrons. The number of anilines is 1. The van der Waals surface area contributed by atoms with Crippen molar-refractivity contribution in [2.75, 3.05) is 5.32 Å². The molecule has 4 nitrogen and oxygen atoms in total. The fourth-order valence-corrected chi connectivity index (χ4v) is 3.23. The number of hydrogen-bond acceptors (Lipinski definition) is 2. The third kappa shape index (κ3) is 5.65. The number of carbonyl (C=O) groups excluding carboxylic acids is 2. The van der Waals surface area contributed by atoms with Crippen molar-refractivity contribution in [1.82, 2.24) is 5.32 Å². The number of rotatable bonds is 6. The van der Waals surface area contributed by atoms with Gasteiger partial charge >= 0.3 is 0 Å². The number of carbonyl (C=O) groups is 2. The molecule has 0 aliphatic carbocycles. The monoisotopic (exact) mass is 470 g/mol. The molecule has 3 aromatic carbocycles. The van der Waals surface area contributed by atoms with Crippen molar-refractivity contribution in [3.05, 3.63) is 99.6 Å². The van der Waals surface area contributed by atoms with Crippen molar-refractivity contribution < 1.29 is 9.59 Å². The first kappa shape index (κ1) is 19.1. The Hall–Kier alpha value is -2.67. The average molecular weight is 470 g/mol. The first-order valence-electron chi connectivity index (χ1n) is 8.58. The quantitative estimate of drug-likeness (QED) is 0.529. The Balaban J connectivity index is 1.78. The minimum Gasteiger partial charge on any atom is -0.340 e. The summed E-state index contributed by atoms with van der Waals surface area (Å²) in [5.41, 5.74) is 2.21. The summed E-state index contributed by atoms with van der Waals surface area (Å²) in [5.74, 6) is -0.514. The van der Waals surface area contributed by atoms with E-state index in [1.54, 1.807) is 24.3 Å². The van der Waals surface area contributed by atoms with Gasteiger partial charge in [0.15, 0.2) is 0 Å². The Bertz CT molecular complexity index is 914. The van der Waals surface area contributed by atoms with Crippen LogP contribution in [0.3, 0.4) is 0 Å². The lowest BCUT2D eigenvalue weighted by molar-refractivity contribution is -0.118. The highest BCUT2D eigenvalue weighted by molar-refractivity contribution is 14.1. The van der Waals surface area contributed by atoms with E-state index in [1.165, 1.54) is 0 Å². The molecule has 0 saturated carbocycles. The summed E-state index contributed by atoms with van der Waals surface area (Å²) in [5, 5.41) is 5.77. The Morgan fingerprint density at radius 3 is 2.19 bits per heavy atom. The van der Waals surface area contributed by atoms with E-state index < -0.39 is 6.04 Å². The molecule has 2 N–H and O–H groups in total. The van der Waals surface area contributed by atoms with Crippen molar-refractivity contribution in [2.24, 2.45) is 0 Å². The summed E-state index contributed by atoms with van der Waals surface area (Å²) < 4.78 is 1.03. The lowest BCUT2D eigenvalue weighted by Gasteiger charge is -2.19. The van der Waals surface area contributed by atoms with Gasteiger partial charge in [-0.25, -0.2) is 0 Å². The topological polar surface area (TPSA) is 58.2 Å². The van der Waals surface area contributed by atoms with Gasteiger partial charge < -0.3 is 10.6 Å². The molecule has 0 saturated heterocycles.